The number of rotatable bonds is 10. The van der Waals surface area contributed by atoms with Gasteiger partial charge in [0.1, 0.15) is 40.1 Å². The zero-order valence-corrected chi connectivity index (χ0v) is 29.5. The van der Waals surface area contributed by atoms with Crippen LogP contribution < -0.4 is 24.7 Å². The van der Waals surface area contributed by atoms with Crippen molar-refractivity contribution in [2.24, 2.45) is 0 Å². The molecule has 2 aromatic carbocycles. The van der Waals surface area contributed by atoms with E-state index in [2.05, 4.69) is 30.4 Å². The van der Waals surface area contributed by atoms with Crippen molar-refractivity contribution in [3.63, 3.8) is 0 Å². The zero-order chi connectivity index (χ0) is 36.0. The van der Waals surface area contributed by atoms with Gasteiger partial charge in [0, 0.05) is 42.2 Å². The molecule has 260 valence electrons. The third-order valence-electron chi connectivity index (χ3n) is 7.33. The lowest BCUT2D eigenvalue weighted by Crippen LogP contribution is -2.11. The first-order valence-corrected chi connectivity index (χ1v) is 17.1. The summed E-state index contributed by atoms with van der Waals surface area (Å²) in [5.74, 6) is 3.47. The molecular formula is C34H37N9O6S. The first-order chi connectivity index (χ1) is 24.0. The highest BCUT2D eigenvalue weighted by atomic mass is 32.2. The number of para-hydroxylation sites is 2. The number of sulfone groups is 1. The number of hydrogen-bond donors (Lipinski definition) is 1. The number of anilines is 1. The van der Waals surface area contributed by atoms with Crippen LogP contribution in [0.3, 0.4) is 0 Å². The molecule has 0 aliphatic rings. The van der Waals surface area contributed by atoms with E-state index in [1.54, 1.807) is 66.3 Å². The van der Waals surface area contributed by atoms with Gasteiger partial charge in [-0.25, -0.2) is 8.42 Å². The van der Waals surface area contributed by atoms with Gasteiger partial charge in [-0.05, 0) is 61.4 Å². The van der Waals surface area contributed by atoms with E-state index in [9.17, 15) is 8.42 Å². The van der Waals surface area contributed by atoms with Gasteiger partial charge in [0.25, 0.3) is 0 Å². The van der Waals surface area contributed by atoms with Gasteiger partial charge in [0.05, 0.1) is 28.4 Å². The van der Waals surface area contributed by atoms with Crippen LogP contribution in [0.4, 0.5) is 5.95 Å². The molecule has 0 saturated heterocycles. The lowest BCUT2D eigenvalue weighted by molar-refractivity contribution is 0.390. The van der Waals surface area contributed by atoms with Crippen molar-refractivity contribution in [1.29, 1.82) is 0 Å². The maximum Gasteiger partial charge on any atom is 0.227 e. The molecule has 2 N–H and O–H groups in total. The molecule has 0 aliphatic heterocycles. The second-order valence-electron chi connectivity index (χ2n) is 11.1. The van der Waals surface area contributed by atoms with Crippen molar-refractivity contribution in [2.75, 3.05) is 40.4 Å². The van der Waals surface area contributed by atoms with Crippen LogP contribution in [-0.4, -0.2) is 82.6 Å². The predicted octanol–water partition coefficient (Wildman–Crippen LogP) is 4.44. The highest BCUT2D eigenvalue weighted by Crippen LogP contribution is 2.38. The number of methoxy groups -OCH3 is 4. The smallest absolute Gasteiger partial charge is 0.227 e. The van der Waals surface area contributed by atoms with Crippen LogP contribution in [0.1, 0.15) is 17.0 Å². The minimum atomic E-state index is -3.34. The molecule has 0 fully saturated rings. The Morgan fingerprint density at radius 1 is 0.640 bits per heavy atom. The van der Waals surface area contributed by atoms with Crippen LogP contribution >= 0.6 is 0 Å². The lowest BCUT2D eigenvalue weighted by Gasteiger charge is -2.17. The SMILES string of the molecule is COc1cccc(OC)c1-n1c(CS(C)(=O)=O)nnc1-c1cncc(C)c1.COc1cccc(OC)c1-n1c(N)nnc1-c1cncc(C)c1. The van der Waals surface area contributed by atoms with Crippen LogP contribution in [0.2, 0.25) is 0 Å². The molecule has 6 aromatic rings. The molecule has 0 saturated carbocycles. The number of hydrogen-bond acceptors (Lipinski definition) is 13. The Morgan fingerprint density at radius 2 is 1.06 bits per heavy atom. The third kappa shape index (κ3) is 7.49. The molecule has 4 aromatic heterocycles. The molecule has 0 spiro atoms. The highest BCUT2D eigenvalue weighted by Gasteiger charge is 2.25. The van der Waals surface area contributed by atoms with Gasteiger partial charge < -0.3 is 24.7 Å². The molecule has 0 bridgehead atoms. The summed E-state index contributed by atoms with van der Waals surface area (Å²) in [5.41, 5.74) is 10.7. The zero-order valence-electron chi connectivity index (χ0n) is 28.6. The van der Waals surface area contributed by atoms with E-state index in [1.807, 2.05) is 44.2 Å². The van der Waals surface area contributed by atoms with Crippen LogP contribution in [0, 0.1) is 13.8 Å². The van der Waals surface area contributed by atoms with Crippen molar-refractivity contribution in [2.45, 2.75) is 19.6 Å². The molecule has 50 heavy (non-hydrogen) atoms. The number of nitrogen functional groups attached to an aromatic ring is 1. The molecule has 4 heterocycles. The first-order valence-electron chi connectivity index (χ1n) is 15.1. The van der Waals surface area contributed by atoms with Gasteiger partial charge in [-0.15, -0.1) is 20.4 Å². The van der Waals surface area contributed by atoms with Gasteiger partial charge in [0.2, 0.25) is 5.95 Å². The lowest BCUT2D eigenvalue weighted by atomic mass is 10.2. The quantitative estimate of drug-likeness (QED) is 0.212. The molecule has 0 atom stereocenters. The van der Waals surface area contributed by atoms with E-state index in [4.69, 9.17) is 24.7 Å². The predicted molar refractivity (Wildman–Crippen MR) is 188 cm³/mol. The van der Waals surface area contributed by atoms with E-state index < -0.39 is 9.84 Å². The first kappa shape index (κ1) is 35.3. The third-order valence-corrected chi connectivity index (χ3v) is 8.11. The summed E-state index contributed by atoms with van der Waals surface area (Å²) in [7, 11) is 2.90. The van der Waals surface area contributed by atoms with Crippen molar-refractivity contribution in [3.8, 4) is 57.1 Å². The van der Waals surface area contributed by atoms with Crippen LogP contribution in [0.15, 0.2) is 73.3 Å². The fourth-order valence-corrected chi connectivity index (χ4v) is 5.88. The van der Waals surface area contributed by atoms with Crippen molar-refractivity contribution in [1.82, 2.24) is 39.5 Å². The molecule has 0 aliphatic carbocycles. The van der Waals surface area contributed by atoms with Crippen molar-refractivity contribution < 1.29 is 27.4 Å². The Kier molecular flexibility index (Phi) is 10.6. The fraction of sp³-hybridized carbons (Fsp3) is 0.235. The standard InChI is InChI=1S/C18H20N4O4S.C16H17N5O2/c1-12-8-13(10-19-9-12)18-21-20-16(11-27(4,23)24)22(18)17-14(25-2)6-5-7-15(17)26-3;1-10-7-11(9-18-8-10)15-19-20-16(17)21(15)14-12(22-2)5-4-6-13(14)23-3/h5-10H,11H2,1-4H3;4-9H,1-3H3,(H2,17,20). The Balaban J connectivity index is 0.000000197. The number of nitrogens with zero attached hydrogens (tertiary/aromatic N) is 8. The largest absolute Gasteiger partial charge is 0.494 e. The maximum absolute atomic E-state index is 11.9. The van der Waals surface area contributed by atoms with Gasteiger partial charge in [-0.2, -0.15) is 0 Å². The van der Waals surface area contributed by atoms with Gasteiger partial charge >= 0.3 is 0 Å². The Hall–Kier alpha value is -6.03. The second-order valence-corrected chi connectivity index (χ2v) is 13.2. The molecular weight excluding hydrogens is 662 g/mol. The van der Waals surface area contributed by atoms with E-state index >= 15 is 0 Å². The summed E-state index contributed by atoms with van der Waals surface area (Å²) in [6.45, 7) is 3.88. The molecule has 6 rings (SSSR count). The summed E-state index contributed by atoms with van der Waals surface area (Å²) in [5, 5.41) is 16.6. The topological polar surface area (TPSA) is 184 Å². The Morgan fingerprint density at radius 3 is 1.48 bits per heavy atom. The van der Waals surface area contributed by atoms with Crippen molar-refractivity contribution in [3.05, 3.63) is 90.3 Å². The minimum Gasteiger partial charge on any atom is -0.494 e. The number of pyridine rings is 2. The van der Waals surface area contributed by atoms with Crippen LogP contribution in [0.5, 0.6) is 23.0 Å². The van der Waals surface area contributed by atoms with Crippen LogP contribution in [-0.2, 0) is 15.6 Å². The van der Waals surface area contributed by atoms with Crippen LogP contribution in [0.25, 0.3) is 34.2 Å². The minimum absolute atomic E-state index is 0.240. The average Bonchev–Trinajstić information content (AvgIpc) is 3.69. The van der Waals surface area contributed by atoms with Gasteiger partial charge in [0.15, 0.2) is 27.3 Å². The normalized spacial score (nSPS) is 11.0. The van der Waals surface area contributed by atoms with Gasteiger partial charge in [-0.1, -0.05) is 12.1 Å². The van der Waals surface area contributed by atoms with E-state index in [0.29, 0.717) is 51.6 Å². The Labute approximate surface area is 289 Å². The fourth-order valence-electron chi connectivity index (χ4n) is 5.23. The summed E-state index contributed by atoms with van der Waals surface area (Å²) >= 11 is 0. The molecule has 0 unspecified atom stereocenters. The van der Waals surface area contributed by atoms with Gasteiger partial charge in [-0.3, -0.25) is 19.1 Å². The molecule has 0 radical (unpaired) electrons. The number of ether oxygens (including phenoxy) is 4. The second kappa shape index (κ2) is 15.0. The average molecular weight is 700 g/mol. The highest BCUT2D eigenvalue weighted by molar-refractivity contribution is 7.89. The summed E-state index contributed by atoms with van der Waals surface area (Å²) < 4.78 is 49.1. The molecule has 15 nitrogen and oxygen atoms in total. The molecule has 0 amide bonds. The van der Waals surface area contributed by atoms with Crippen molar-refractivity contribution >= 4 is 15.8 Å². The summed E-state index contributed by atoms with van der Waals surface area (Å²) in [6.07, 6.45) is 8.02. The number of nitrogens with two attached hydrogens (primary N) is 1. The number of benzene rings is 2. The van der Waals surface area contributed by atoms with E-state index in [-0.39, 0.29) is 17.5 Å². The van der Waals surface area contributed by atoms with E-state index in [0.717, 1.165) is 22.9 Å². The summed E-state index contributed by atoms with van der Waals surface area (Å²) in [4.78, 5) is 8.41. The van der Waals surface area contributed by atoms with E-state index in [1.165, 1.54) is 14.2 Å². The summed E-state index contributed by atoms with van der Waals surface area (Å²) in [6, 6.07) is 14.7. The number of aromatic nitrogens is 8. The molecule has 16 heteroatoms. The Bertz CT molecular complexity index is 2190. The monoisotopic (exact) mass is 699 g/mol. The number of aryl methyl sites for hydroxylation is 2. The maximum atomic E-state index is 11.9.